The summed E-state index contributed by atoms with van der Waals surface area (Å²) in [5.74, 6) is 0.308. The minimum absolute atomic E-state index is 0.308. The van der Waals surface area contributed by atoms with Crippen molar-refractivity contribution in [3.63, 3.8) is 0 Å². The third kappa shape index (κ3) is 2.32. The molecule has 0 bridgehead atoms. The Morgan fingerprint density at radius 1 is 1.43 bits per heavy atom. The zero-order valence-electron chi connectivity index (χ0n) is 9.20. The van der Waals surface area contributed by atoms with Gasteiger partial charge in [-0.25, -0.2) is 0 Å². The van der Waals surface area contributed by atoms with Crippen LogP contribution in [-0.4, -0.2) is 10.1 Å². The number of pyridine rings is 1. The van der Waals surface area contributed by atoms with E-state index in [9.17, 15) is 5.11 Å². The van der Waals surface area contributed by atoms with Gasteiger partial charge in [-0.15, -0.1) is 0 Å². The lowest BCUT2D eigenvalue weighted by Gasteiger charge is -2.19. The van der Waals surface area contributed by atoms with Gasteiger partial charge in [-0.05, 0) is 29.5 Å². The number of hydrogen-bond acceptors (Lipinski definition) is 2. The predicted molar refractivity (Wildman–Crippen MR) is 58.0 cm³/mol. The second-order valence-corrected chi connectivity index (χ2v) is 3.76. The molecule has 1 aromatic rings. The van der Waals surface area contributed by atoms with Crippen LogP contribution >= 0.6 is 0 Å². The van der Waals surface area contributed by atoms with E-state index in [4.69, 9.17) is 0 Å². The van der Waals surface area contributed by atoms with E-state index in [0.717, 1.165) is 24.0 Å². The molecule has 1 aromatic heterocycles. The summed E-state index contributed by atoms with van der Waals surface area (Å²) >= 11 is 0. The molecule has 0 aliphatic rings. The van der Waals surface area contributed by atoms with Gasteiger partial charge in [0.25, 0.3) is 0 Å². The van der Waals surface area contributed by atoms with Crippen LogP contribution in [0.1, 0.15) is 44.4 Å². The minimum atomic E-state index is -0.349. The summed E-state index contributed by atoms with van der Waals surface area (Å²) in [5, 5.41) is 10.1. The van der Waals surface area contributed by atoms with Crippen LogP contribution in [0.4, 0.5) is 0 Å². The maximum atomic E-state index is 10.1. The molecular weight excluding hydrogens is 174 g/mol. The van der Waals surface area contributed by atoms with Gasteiger partial charge in [0.15, 0.2) is 0 Å². The molecule has 0 fully saturated rings. The smallest absolute Gasteiger partial charge is 0.0819 e. The van der Waals surface area contributed by atoms with Gasteiger partial charge in [-0.2, -0.15) is 0 Å². The van der Waals surface area contributed by atoms with Crippen LogP contribution in [0, 0.1) is 5.92 Å². The number of rotatable bonds is 4. The van der Waals surface area contributed by atoms with E-state index >= 15 is 0 Å². The Morgan fingerprint density at radius 2 is 2.14 bits per heavy atom. The fraction of sp³-hybridized carbons (Fsp3) is 0.583. The van der Waals surface area contributed by atoms with Gasteiger partial charge in [0.1, 0.15) is 0 Å². The molecule has 0 aliphatic carbocycles. The summed E-state index contributed by atoms with van der Waals surface area (Å²) in [4.78, 5) is 4.07. The molecule has 1 heterocycles. The van der Waals surface area contributed by atoms with E-state index in [1.807, 2.05) is 12.3 Å². The first kappa shape index (κ1) is 11.2. The van der Waals surface area contributed by atoms with E-state index in [1.54, 1.807) is 6.20 Å². The van der Waals surface area contributed by atoms with Gasteiger partial charge in [0, 0.05) is 12.4 Å². The maximum absolute atomic E-state index is 10.1. The molecule has 1 N–H and O–H groups in total. The summed E-state index contributed by atoms with van der Waals surface area (Å²) in [6, 6.07) is 1.93. The first-order valence-corrected chi connectivity index (χ1v) is 5.31. The Kier molecular flexibility index (Phi) is 4.08. The normalized spacial score (nSPS) is 15.1. The number of aryl methyl sites for hydroxylation is 1. The monoisotopic (exact) mass is 193 g/mol. The molecule has 1 rings (SSSR count). The molecule has 14 heavy (non-hydrogen) atoms. The lowest BCUT2D eigenvalue weighted by atomic mass is 9.92. The fourth-order valence-corrected chi connectivity index (χ4v) is 1.55. The second kappa shape index (κ2) is 5.11. The topological polar surface area (TPSA) is 33.1 Å². The average Bonchev–Trinajstić information content (AvgIpc) is 2.26. The molecule has 2 heteroatoms. The summed E-state index contributed by atoms with van der Waals surface area (Å²) in [5.41, 5.74) is 2.19. The average molecular weight is 193 g/mol. The lowest BCUT2D eigenvalue weighted by Crippen LogP contribution is -2.10. The van der Waals surface area contributed by atoms with Crippen LogP contribution in [0.3, 0.4) is 0 Å². The number of hydrogen-bond donors (Lipinski definition) is 1. The highest BCUT2D eigenvalue weighted by molar-refractivity contribution is 5.25. The summed E-state index contributed by atoms with van der Waals surface area (Å²) < 4.78 is 0. The first-order chi connectivity index (χ1) is 6.70. The number of aromatic nitrogens is 1. The third-order valence-corrected chi connectivity index (χ3v) is 2.82. The van der Waals surface area contributed by atoms with Crippen molar-refractivity contribution >= 4 is 0 Å². The second-order valence-electron chi connectivity index (χ2n) is 3.76. The Labute approximate surface area is 86.0 Å². The zero-order valence-corrected chi connectivity index (χ0v) is 9.20. The van der Waals surface area contributed by atoms with Crippen molar-refractivity contribution in [2.45, 2.75) is 39.7 Å². The Bertz CT molecular complexity index is 285. The highest BCUT2D eigenvalue weighted by Gasteiger charge is 2.16. The highest BCUT2D eigenvalue weighted by atomic mass is 16.3. The molecule has 0 saturated carbocycles. The van der Waals surface area contributed by atoms with E-state index in [0.29, 0.717) is 5.92 Å². The number of aliphatic hydroxyl groups is 1. The molecule has 2 unspecified atom stereocenters. The van der Waals surface area contributed by atoms with Crippen LogP contribution in [0.2, 0.25) is 0 Å². The third-order valence-electron chi connectivity index (χ3n) is 2.82. The molecular formula is C12H19NO. The van der Waals surface area contributed by atoms with Crippen LogP contribution in [0.25, 0.3) is 0 Å². The van der Waals surface area contributed by atoms with Crippen molar-refractivity contribution in [1.29, 1.82) is 0 Å². The molecule has 78 valence electrons. The zero-order chi connectivity index (χ0) is 10.6. The maximum Gasteiger partial charge on any atom is 0.0819 e. The summed E-state index contributed by atoms with van der Waals surface area (Å²) in [7, 11) is 0. The van der Waals surface area contributed by atoms with Crippen molar-refractivity contribution in [1.82, 2.24) is 4.98 Å². The molecule has 0 aromatic carbocycles. The quantitative estimate of drug-likeness (QED) is 0.797. The van der Waals surface area contributed by atoms with E-state index < -0.39 is 0 Å². The van der Waals surface area contributed by atoms with Crippen molar-refractivity contribution < 1.29 is 5.11 Å². The summed E-state index contributed by atoms with van der Waals surface area (Å²) in [6.45, 7) is 6.26. The highest BCUT2D eigenvalue weighted by Crippen LogP contribution is 2.26. The molecule has 0 amide bonds. The van der Waals surface area contributed by atoms with Gasteiger partial charge in [0.05, 0.1) is 6.10 Å². The molecule has 2 atom stereocenters. The van der Waals surface area contributed by atoms with Crippen molar-refractivity contribution in [3.05, 3.63) is 29.6 Å². The van der Waals surface area contributed by atoms with Crippen LogP contribution < -0.4 is 0 Å². The molecule has 0 spiro atoms. The van der Waals surface area contributed by atoms with Gasteiger partial charge < -0.3 is 5.11 Å². The molecule has 0 aliphatic heterocycles. The minimum Gasteiger partial charge on any atom is -0.388 e. The van der Waals surface area contributed by atoms with Crippen molar-refractivity contribution in [2.24, 2.45) is 5.92 Å². The SMILES string of the molecule is CCc1cnccc1C(O)C(C)CC. The largest absolute Gasteiger partial charge is 0.388 e. The number of nitrogens with zero attached hydrogens (tertiary/aromatic N) is 1. The van der Waals surface area contributed by atoms with Gasteiger partial charge in [-0.3, -0.25) is 4.98 Å². The van der Waals surface area contributed by atoms with Crippen molar-refractivity contribution in [3.8, 4) is 0 Å². The van der Waals surface area contributed by atoms with Gasteiger partial charge in [0.2, 0.25) is 0 Å². The van der Waals surface area contributed by atoms with Crippen molar-refractivity contribution in [2.75, 3.05) is 0 Å². The van der Waals surface area contributed by atoms with E-state index in [-0.39, 0.29) is 6.10 Å². The predicted octanol–water partition coefficient (Wildman–Crippen LogP) is 2.72. The lowest BCUT2D eigenvalue weighted by molar-refractivity contribution is 0.114. The number of aliphatic hydroxyl groups excluding tert-OH is 1. The van der Waals surface area contributed by atoms with Crippen LogP contribution in [-0.2, 0) is 6.42 Å². The van der Waals surface area contributed by atoms with Crippen LogP contribution in [0.15, 0.2) is 18.5 Å². The Balaban J connectivity index is 2.93. The molecule has 2 nitrogen and oxygen atoms in total. The van der Waals surface area contributed by atoms with Crippen LogP contribution in [0.5, 0.6) is 0 Å². The van der Waals surface area contributed by atoms with E-state index in [1.165, 1.54) is 0 Å². The Morgan fingerprint density at radius 3 is 2.71 bits per heavy atom. The summed E-state index contributed by atoms with van der Waals surface area (Å²) in [6.07, 6.45) is 5.17. The van der Waals surface area contributed by atoms with Gasteiger partial charge >= 0.3 is 0 Å². The fourth-order valence-electron chi connectivity index (χ4n) is 1.55. The van der Waals surface area contributed by atoms with E-state index in [2.05, 4.69) is 25.8 Å². The molecule has 0 saturated heterocycles. The standard InChI is InChI=1S/C12H19NO/c1-4-9(3)12(14)11-6-7-13-8-10(11)5-2/h6-9,12,14H,4-5H2,1-3H3. The Hall–Kier alpha value is -0.890. The first-order valence-electron chi connectivity index (χ1n) is 5.31. The molecule has 0 radical (unpaired) electrons. The van der Waals surface area contributed by atoms with Gasteiger partial charge in [-0.1, -0.05) is 27.2 Å².